The van der Waals surface area contributed by atoms with Crippen LogP contribution < -0.4 is 5.32 Å². The van der Waals surface area contributed by atoms with E-state index < -0.39 is 0 Å². The molecule has 0 heterocycles. The number of para-hydroxylation sites is 1. The van der Waals surface area contributed by atoms with Gasteiger partial charge in [-0.3, -0.25) is 0 Å². The number of hydrogen-bond acceptors (Lipinski definition) is 1. The molecule has 0 saturated carbocycles. The van der Waals surface area contributed by atoms with E-state index in [0.29, 0.717) is 6.04 Å². The van der Waals surface area contributed by atoms with Gasteiger partial charge in [0.25, 0.3) is 0 Å². The van der Waals surface area contributed by atoms with Crippen LogP contribution in [0, 0.1) is 0 Å². The van der Waals surface area contributed by atoms with Crippen molar-refractivity contribution in [3.05, 3.63) is 65.2 Å². The molecule has 0 bridgehead atoms. The van der Waals surface area contributed by atoms with Crippen molar-refractivity contribution in [2.24, 2.45) is 0 Å². The van der Waals surface area contributed by atoms with Gasteiger partial charge in [0.2, 0.25) is 0 Å². The lowest BCUT2D eigenvalue weighted by molar-refractivity contribution is 0.749. The highest BCUT2D eigenvalue weighted by molar-refractivity contribution is 6.30. The molecule has 1 N–H and O–H groups in total. The van der Waals surface area contributed by atoms with Crippen molar-refractivity contribution < 1.29 is 0 Å². The summed E-state index contributed by atoms with van der Waals surface area (Å²) in [7, 11) is 0. The average Bonchev–Trinajstić information content (AvgIpc) is 2.38. The fourth-order valence-electron chi connectivity index (χ4n) is 1.85. The van der Waals surface area contributed by atoms with Gasteiger partial charge in [-0.2, -0.15) is 0 Å². The second-order valence-corrected chi connectivity index (χ2v) is 4.46. The number of hydrogen-bond donors (Lipinski definition) is 1. The van der Waals surface area contributed by atoms with E-state index in [9.17, 15) is 0 Å². The fourth-order valence-corrected chi connectivity index (χ4v) is 1.98. The van der Waals surface area contributed by atoms with Crippen molar-refractivity contribution in [3.63, 3.8) is 0 Å². The Morgan fingerprint density at radius 2 is 1.65 bits per heavy atom. The minimum atomic E-state index is 0.328. The monoisotopic (exact) mass is 245 g/mol. The Kier molecular flexibility index (Phi) is 4.05. The molecule has 0 fully saturated rings. The number of halogens is 1. The summed E-state index contributed by atoms with van der Waals surface area (Å²) >= 11 is 5.90. The Morgan fingerprint density at radius 1 is 1.00 bits per heavy atom. The van der Waals surface area contributed by atoms with Gasteiger partial charge >= 0.3 is 0 Å². The summed E-state index contributed by atoms with van der Waals surface area (Å²) in [4.78, 5) is 0. The molecule has 2 aromatic rings. The van der Waals surface area contributed by atoms with Gasteiger partial charge in [0.1, 0.15) is 0 Å². The molecule has 0 radical (unpaired) electrons. The topological polar surface area (TPSA) is 12.0 Å². The first kappa shape index (κ1) is 12.0. The molecule has 1 atom stereocenters. The van der Waals surface area contributed by atoms with E-state index in [2.05, 4.69) is 36.5 Å². The average molecular weight is 246 g/mol. The van der Waals surface area contributed by atoms with Gasteiger partial charge in [-0.1, -0.05) is 48.9 Å². The van der Waals surface area contributed by atoms with Gasteiger partial charge in [0.05, 0.1) is 6.04 Å². The van der Waals surface area contributed by atoms with Crippen LogP contribution in [0.3, 0.4) is 0 Å². The maximum absolute atomic E-state index is 5.90. The summed E-state index contributed by atoms with van der Waals surface area (Å²) in [5.41, 5.74) is 2.41. The predicted molar refractivity (Wildman–Crippen MR) is 74.5 cm³/mol. The lowest BCUT2D eigenvalue weighted by Gasteiger charge is -2.18. The molecule has 0 saturated heterocycles. The van der Waals surface area contributed by atoms with Crippen LogP contribution in [0.2, 0.25) is 5.02 Å². The van der Waals surface area contributed by atoms with Crippen LogP contribution in [0.1, 0.15) is 24.9 Å². The Hall–Kier alpha value is -1.47. The minimum absolute atomic E-state index is 0.328. The maximum atomic E-state index is 5.90. The normalized spacial score (nSPS) is 12.1. The van der Waals surface area contributed by atoms with Crippen molar-refractivity contribution in [2.75, 3.05) is 5.32 Å². The number of rotatable bonds is 4. The van der Waals surface area contributed by atoms with E-state index in [1.807, 2.05) is 30.3 Å². The highest BCUT2D eigenvalue weighted by atomic mass is 35.5. The molecule has 0 aliphatic rings. The minimum Gasteiger partial charge on any atom is -0.378 e. The van der Waals surface area contributed by atoms with Crippen LogP contribution >= 0.6 is 11.6 Å². The molecule has 2 rings (SSSR count). The summed E-state index contributed by atoms with van der Waals surface area (Å²) in [5.74, 6) is 0. The smallest absolute Gasteiger partial charge is 0.0511 e. The Balaban J connectivity index is 2.14. The van der Waals surface area contributed by atoms with E-state index in [4.69, 9.17) is 11.6 Å². The van der Waals surface area contributed by atoms with Crippen molar-refractivity contribution in [1.82, 2.24) is 0 Å². The molecule has 0 aromatic heterocycles. The summed E-state index contributed by atoms with van der Waals surface area (Å²) < 4.78 is 0. The third kappa shape index (κ3) is 3.24. The Labute approximate surface area is 107 Å². The number of benzene rings is 2. The van der Waals surface area contributed by atoms with Crippen molar-refractivity contribution in [1.29, 1.82) is 0 Å². The molecule has 1 nitrogen and oxygen atoms in total. The Morgan fingerprint density at radius 3 is 2.24 bits per heavy atom. The molecule has 17 heavy (non-hydrogen) atoms. The lowest BCUT2D eigenvalue weighted by Crippen LogP contribution is -2.09. The highest BCUT2D eigenvalue weighted by Crippen LogP contribution is 2.23. The first-order chi connectivity index (χ1) is 8.29. The zero-order valence-electron chi connectivity index (χ0n) is 9.86. The van der Waals surface area contributed by atoms with Crippen LogP contribution in [0.15, 0.2) is 54.6 Å². The first-order valence-electron chi connectivity index (χ1n) is 5.86. The molecule has 2 heteroatoms. The summed E-state index contributed by atoms with van der Waals surface area (Å²) in [6.07, 6.45) is 1.04. The quantitative estimate of drug-likeness (QED) is 0.808. The third-order valence-corrected chi connectivity index (χ3v) is 3.05. The van der Waals surface area contributed by atoms with Gasteiger partial charge in [0.15, 0.2) is 0 Å². The molecule has 0 spiro atoms. The van der Waals surface area contributed by atoms with Crippen LogP contribution in [-0.2, 0) is 0 Å². The largest absolute Gasteiger partial charge is 0.378 e. The summed E-state index contributed by atoms with van der Waals surface area (Å²) in [6.45, 7) is 2.18. The van der Waals surface area contributed by atoms with Gasteiger partial charge in [0, 0.05) is 10.7 Å². The van der Waals surface area contributed by atoms with E-state index in [0.717, 1.165) is 17.1 Å². The number of anilines is 1. The van der Waals surface area contributed by atoms with Gasteiger partial charge in [-0.25, -0.2) is 0 Å². The van der Waals surface area contributed by atoms with E-state index in [-0.39, 0.29) is 0 Å². The summed E-state index contributed by atoms with van der Waals surface area (Å²) in [6, 6.07) is 18.6. The summed E-state index contributed by atoms with van der Waals surface area (Å²) in [5, 5.41) is 4.30. The molecular weight excluding hydrogens is 230 g/mol. The first-order valence-corrected chi connectivity index (χ1v) is 6.24. The van der Waals surface area contributed by atoms with Crippen LogP contribution in [-0.4, -0.2) is 0 Å². The number of nitrogens with one attached hydrogen (secondary N) is 1. The SMILES string of the molecule is CCC(Nc1ccccc1)c1ccc(Cl)cc1. The van der Waals surface area contributed by atoms with Crippen LogP contribution in [0.5, 0.6) is 0 Å². The molecule has 2 aromatic carbocycles. The second-order valence-electron chi connectivity index (χ2n) is 4.02. The molecule has 88 valence electrons. The van der Waals surface area contributed by atoms with Crippen LogP contribution in [0.4, 0.5) is 5.69 Å². The van der Waals surface area contributed by atoms with E-state index >= 15 is 0 Å². The second kappa shape index (κ2) is 5.74. The highest BCUT2D eigenvalue weighted by Gasteiger charge is 2.08. The maximum Gasteiger partial charge on any atom is 0.0511 e. The molecule has 0 aliphatic heterocycles. The molecule has 0 aliphatic carbocycles. The predicted octanol–water partition coefficient (Wildman–Crippen LogP) is 4.90. The molecule has 1 unspecified atom stereocenters. The van der Waals surface area contributed by atoms with E-state index in [1.165, 1.54) is 5.56 Å². The van der Waals surface area contributed by atoms with Crippen LogP contribution in [0.25, 0.3) is 0 Å². The third-order valence-electron chi connectivity index (χ3n) is 2.80. The fraction of sp³-hybridized carbons (Fsp3) is 0.200. The van der Waals surface area contributed by atoms with Crippen molar-refractivity contribution in [2.45, 2.75) is 19.4 Å². The van der Waals surface area contributed by atoms with Gasteiger partial charge in [-0.05, 0) is 36.2 Å². The van der Waals surface area contributed by atoms with Gasteiger partial charge < -0.3 is 5.32 Å². The van der Waals surface area contributed by atoms with Gasteiger partial charge in [-0.15, -0.1) is 0 Å². The zero-order chi connectivity index (χ0) is 12.1. The lowest BCUT2D eigenvalue weighted by atomic mass is 10.0. The molecular formula is C15H16ClN. The van der Waals surface area contributed by atoms with Crippen molar-refractivity contribution in [3.8, 4) is 0 Å². The zero-order valence-corrected chi connectivity index (χ0v) is 10.6. The van der Waals surface area contributed by atoms with E-state index in [1.54, 1.807) is 0 Å². The van der Waals surface area contributed by atoms with Crippen molar-refractivity contribution >= 4 is 17.3 Å². The molecule has 0 amide bonds. The standard InChI is InChI=1S/C15H16ClN/c1-2-15(12-8-10-13(16)11-9-12)17-14-6-4-3-5-7-14/h3-11,15,17H,2H2,1H3. The Bertz CT molecular complexity index is 450.